The van der Waals surface area contributed by atoms with E-state index in [-0.39, 0.29) is 0 Å². The average Bonchev–Trinajstić information content (AvgIpc) is 2.26. The maximum absolute atomic E-state index is 12.7. The molecule has 0 N–H and O–H groups in total. The third-order valence-corrected chi connectivity index (χ3v) is 6.96. The molecular weight excluding hydrogens is 394 g/mol. The molecule has 1 saturated carbocycles. The molecule has 0 radical (unpaired) electrons. The van der Waals surface area contributed by atoms with Crippen LogP contribution in [0.4, 0.5) is 0 Å². The molecule has 0 heterocycles. The Kier molecular flexibility index (Phi) is 5.09. The first kappa shape index (κ1) is 15.5. The molecule has 0 bridgehead atoms. The van der Waals surface area contributed by atoms with Crippen LogP contribution in [0.3, 0.4) is 0 Å². The van der Waals surface area contributed by atoms with Gasteiger partial charge >= 0.3 is 0 Å². The normalized spacial score (nSPS) is 16.6. The molecular formula is C13H17Br2NO2S. The Bertz CT molecular complexity index is 556. The van der Waals surface area contributed by atoms with E-state index in [1.807, 2.05) is 6.92 Å². The van der Waals surface area contributed by atoms with E-state index in [0.29, 0.717) is 28.4 Å². The second-order valence-corrected chi connectivity index (χ2v) is 8.50. The first-order valence-electron chi connectivity index (χ1n) is 6.40. The molecule has 1 aliphatic carbocycles. The first-order valence-corrected chi connectivity index (χ1v) is 9.43. The number of rotatable bonds is 5. The third kappa shape index (κ3) is 3.40. The number of hydrogen-bond acceptors (Lipinski definition) is 2. The van der Waals surface area contributed by atoms with Crippen LogP contribution in [0.1, 0.15) is 26.2 Å². The van der Waals surface area contributed by atoms with Crippen molar-refractivity contribution in [3.63, 3.8) is 0 Å². The van der Waals surface area contributed by atoms with Crippen molar-refractivity contribution < 1.29 is 8.42 Å². The van der Waals surface area contributed by atoms with Crippen molar-refractivity contribution in [1.82, 2.24) is 4.31 Å². The minimum absolute atomic E-state index is 0.344. The van der Waals surface area contributed by atoms with Gasteiger partial charge in [-0.3, -0.25) is 0 Å². The molecule has 0 aromatic heterocycles. The van der Waals surface area contributed by atoms with Gasteiger partial charge in [0.25, 0.3) is 0 Å². The molecule has 1 fully saturated rings. The lowest BCUT2D eigenvalue weighted by molar-refractivity contribution is 0.250. The Morgan fingerprint density at radius 2 is 2.00 bits per heavy atom. The van der Waals surface area contributed by atoms with E-state index in [1.165, 1.54) is 6.42 Å². The van der Waals surface area contributed by atoms with Crippen LogP contribution in [-0.2, 0) is 10.0 Å². The van der Waals surface area contributed by atoms with Gasteiger partial charge in [-0.25, -0.2) is 8.42 Å². The number of benzene rings is 1. The number of sulfonamides is 1. The van der Waals surface area contributed by atoms with Gasteiger partial charge in [0.2, 0.25) is 10.0 Å². The largest absolute Gasteiger partial charge is 0.244 e. The molecule has 2 rings (SSSR count). The highest BCUT2D eigenvalue weighted by Crippen LogP contribution is 2.31. The van der Waals surface area contributed by atoms with Gasteiger partial charge in [0.1, 0.15) is 0 Å². The summed E-state index contributed by atoms with van der Waals surface area (Å²) in [6.45, 7) is 3.05. The molecule has 0 spiro atoms. The topological polar surface area (TPSA) is 37.4 Å². The van der Waals surface area contributed by atoms with Gasteiger partial charge in [0.05, 0.1) is 4.90 Å². The number of halogens is 2. The van der Waals surface area contributed by atoms with Crippen LogP contribution < -0.4 is 0 Å². The molecule has 3 nitrogen and oxygen atoms in total. The fourth-order valence-electron chi connectivity index (χ4n) is 2.18. The van der Waals surface area contributed by atoms with Crippen LogP contribution in [-0.4, -0.2) is 25.8 Å². The predicted octanol–water partition coefficient (Wildman–Crippen LogP) is 4.02. The summed E-state index contributed by atoms with van der Waals surface area (Å²) in [6.07, 6.45) is 3.52. The van der Waals surface area contributed by atoms with Gasteiger partial charge in [-0.15, -0.1) is 0 Å². The molecule has 1 aromatic carbocycles. The SMILES string of the molecule is CCN(CC1CCC1)S(=O)(=O)c1ccc(Br)cc1Br. The first-order chi connectivity index (χ1) is 8.95. The minimum Gasteiger partial charge on any atom is -0.207 e. The monoisotopic (exact) mass is 409 g/mol. The van der Waals surface area contributed by atoms with Crippen LogP contribution in [0.25, 0.3) is 0 Å². The summed E-state index contributed by atoms with van der Waals surface area (Å²) < 4.78 is 28.4. The van der Waals surface area contributed by atoms with Crippen LogP contribution in [0.2, 0.25) is 0 Å². The Labute approximate surface area is 131 Å². The Hall–Kier alpha value is 0.0900. The van der Waals surface area contributed by atoms with Gasteiger partial charge in [0, 0.05) is 22.0 Å². The van der Waals surface area contributed by atoms with E-state index < -0.39 is 10.0 Å². The van der Waals surface area contributed by atoms with Crippen molar-refractivity contribution in [3.8, 4) is 0 Å². The Balaban J connectivity index is 2.27. The number of hydrogen-bond donors (Lipinski definition) is 0. The van der Waals surface area contributed by atoms with Crippen molar-refractivity contribution in [1.29, 1.82) is 0 Å². The van der Waals surface area contributed by atoms with E-state index in [2.05, 4.69) is 31.9 Å². The van der Waals surface area contributed by atoms with Crippen molar-refractivity contribution in [2.45, 2.75) is 31.1 Å². The Morgan fingerprint density at radius 1 is 1.32 bits per heavy atom. The molecule has 0 saturated heterocycles. The second kappa shape index (κ2) is 6.24. The van der Waals surface area contributed by atoms with Crippen molar-refractivity contribution in [2.75, 3.05) is 13.1 Å². The highest BCUT2D eigenvalue weighted by Gasteiger charge is 2.29. The quantitative estimate of drug-likeness (QED) is 0.734. The molecule has 106 valence electrons. The second-order valence-electron chi connectivity index (χ2n) is 4.83. The fourth-order valence-corrected chi connectivity index (χ4v) is 5.42. The summed E-state index contributed by atoms with van der Waals surface area (Å²) in [4.78, 5) is 0.344. The lowest BCUT2D eigenvalue weighted by Crippen LogP contribution is -2.37. The zero-order chi connectivity index (χ0) is 14.0. The van der Waals surface area contributed by atoms with Gasteiger partial charge in [-0.1, -0.05) is 29.3 Å². The van der Waals surface area contributed by atoms with Crippen molar-refractivity contribution in [3.05, 3.63) is 27.1 Å². The van der Waals surface area contributed by atoms with E-state index in [0.717, 1.165) is 17.3 Å². The summed E-state index contributed by atoms with van der Waals surface area (Å²) in [7, 11) is -3.40. The summed E-state index contributed by atoms with van der Waals surface area (Å²) in [5.41, 5.74) is 0. The van der Waals surface area contributed by atoms with E-state index in [1.54, 1.807) is 22.5 Å². The van der Waals surface area contributed by atoms with Crippen LogP contribution in [0.5, 0.6) is 0 Å². The highest BCUT2D eigenvalue weighted by atomic mass is 79.9. The summed E-state index contributed by atoms with van der Waals surface area (Å²) in [5.74, 6) is 0.531. The molecule has 6 heteroatoms. The van der Waals surface area contributed by atoms with Gasteiger partial charge in [-0.2, -0.15) is 4.31 Å². The lowest BCUT2D eigenvalue weighted by Gasteiger charge is -2.31. The van der Waals surface area contributed by atoms with Gasteiger partial charge in [-0.05, 0) is 52.9 Å². The van der Waals surface area contributed by atoms with E-state index in [4.69, 9.17) is 0 Å². The zero-order valence-corrected chi connectivity index (χ0v) is 14.8. The molecule has 0 unspecified atom stereocenters. The summed E-state index contributed by atoms with van der Waals surface area (Å²) in [6, 6.07) is 5.17. The lowest BCUT2D eigenvalue weighted by atomic mass is 9.85. The Morgan fingerprint density at radius 3 is 2.47 bits per heavy atom. The molecule has 0 amide bonds. The van der Waals surface area contributed by atoms with E-state index in [9.17, 15) is 8.42 Å². The standard InChI is InChI=1S/C13H17Br2NO2S/c1-2-16(9-10-4-3-5-10)19(17,18)13-7-6-11(14)8-12(13)15/h6-8,10H,2-5,9H2,1H3. The maximum atomic E-state index is 12.7. The van der Waals surface area contributed by atoms with Gasteiger partial charge in [0.15, 0.2) is 0 Å². The summed E-state index contributed by atoms with van der Waals surface area (Å²) >= 11 is 6.68. The van der Waals surface area contributed by atoms with Crippen LogP contribution in [0, 0.1) is 5.92 Å². The van der Waals surface area contributed by atoms with E-state index >= 15 is 0 Å². The van der Waals surface area contributed by atoms with Gasteiger partial charge < -0.3 is 0 Å². The molecule has 0 atom stereocenters. The minimum atomic E-state index is -3.40. The van der Waals surface area contributed by atoms with Crippen molar-refractivity contribution in [2.24, 2.45) is 5.92 Å². The fraction of sp³-hybridized carbons (Fsp3) is 0.538. The molecule has 1 aliphatic rings. The zero-order valence-electron chi connectivity index (χ0n) is 10.8. The molecule has 19 heavy (non-hydrogen) atoms. The summed E-state index contributed by atoms with van der Waals surface area (Å²) in [5, 5.41) is 0. The smallest absolute Gasteiger partial charge is 0.207 e. The maximum Gasteiger partial charge on any atom is 0.244 e. The molecule has 1 aromatic rings. The highest BCUT2D eigenvalue weighted by molar-refractivity contribution is 9.11. The number of nitrogens with zero attached hydrogens (tertiary/aromatic N) is 1. The molecule has 0 aliphatic heterocycles. The predicted molar refractivity (Wildman–Crippen MR) is 83.6 cm³/mol. The van der Waals surface area contributed by atoms with Crippen LogP contribution in [0.15, 0.2) is 32.0 Å². The average molecular weight is 411 g/mol. The van der Waals surface area contributed by atoms with Crippen LogP contribution >= 0.6 is 31.9 Å². The van der Waals surface area contributed by atoms with Crippen molar-refractivity contribution >= 4 is 41.9 Å². The third-order valence-electron chi connectivity index (χ3n) is 3.55.